The van der Waals surface area contributed by atoms with E-state index in [2.05, 4.69) is 34.8 Å². The average molecular weight is 190 g/mol. The molecule has 4 nitrogen and oxygen atoms in total. The SMILES string of the molecule is CC(C)c1nc(C#N)c2n1CCNC2. The van der Waals surface area contributed by atoms with Gasteiger partial charge in [0.15, 0.2) is 5.69 Å². The Hall–Kier alpha value is -1.34. The van der Waals surface area contributed by atoms with Crippen LogP contribution < -0.4 is 5.32 Å². The first-order chi connectivity index (χ1) is 6.74. The number of imidazole rings is 1. The van der Waals surface area contributed by atoms with Gasteiger partial charge in [0, 0.05) is 25.6 Å². The van der Waals surface area contributed by atoms with E-state index in [0.29, 0.717) is 11.6 Å². The molecule has 1 aromatic heterocycles. The predicted molar refractivity (Wildman–Crippen MR) is 52.7 cm³/mol. The molecule has 1 N–H and O–H groups in total. The van der Waals surface area contributed by atoms with Crippen LogP contribution in [0.25, 0.3) is 0 Å². The largest absolute Gasteiger partial charge is 0.328 e. The number of fused-ring (bicyclic) bond motifs is 1. The van der Waals surface area contributed by atoms with Crippen LogP contribution in [0.15, 0.2) is 0 Å². The molecule has 0 saturated heterocycles. The van der Waals surface area contributed by atoms with Crippen molar-refractivity contribution in [3.05, 3.63) is 17.2 Å². The van der Waals surface area contributed by atoms with Crippen LogP contribution in [-0.4, -0.2) is 16.1 Å². The summed E-state index contributed by atoms with van der Waals surface area (Å²) in [6, 6.07) is 2.16. The smallest absolute Gasteiger partial charge is 0.163 e. The zero-order valence-corrected chi connectivity index (χ0v) is 8.54. The van der Waals surface area contributed by atoms with E-state index in [-0.39, 0.29) is 0 Å². The zero-order chi connectivity index (χ0) is 10.1. The topological polar surface area (TPSA) is 53.6 Å². The molecule has 2 heterocycles. The van der Waals surface area contributed by atoms with Gasteiger partial charge >= 0.3 is 0 Å². The predicted octanol–water partition coefficient (Wildman–Crippen LogP) is 0.981. The number of nitriles is 1. The van der Waals surface area contributed by atoms with Crippen molar-refractivity contribution in [1.29, 1.82) is 5.26 Å². The van der Waals surface area contributed by atoms with E-state index in [1.165, 1.54) is 0 Å². The summed E-state index contributed by atoms with van der Waals surface area (Å²) in [6.07, 6.45) is 0. The number of rotatable bonds is 1. The third-order valence-electron chi connectivity index (χ3n) is 2.53. The van der Waals surface area contributed by atoms with E-state index in [4.69, 9.17) is 5.26 Å². The zero-order valence-electron chi connectivity index (χ0n) is 8.54. The molecule has 4 heteroatoms. The molecule has 0 radical (unpaired) electrons. The minimum atomic E-state index is 0.383. The normalized spacial score (nSPS) is 15.3. The van der Waals surface area contributed by atoms with Gasteiger partial charge < -0.3 is 9.88 Å². The first kappa shape index (κ1) is 9.22. The lowest BCUT2D eigenvalue weighted by Crippen LogP contribution is -2.29. The van der Waals surface area contributed by atoms with Crippen LogP contribution in [0.5, 0.6) is 0 Å². The molecule has 0 spiro atoms. The molecule has 0 fully saturated rings. The van der Waals surface area contributed by atoms with Gasteiger partial charge in [-0.25, -0.2) is 4.98 Å². The number of nitrogens with zero attached hydrogens (tertiary/aromatic N) is 3. The highest BCUT2D eigenvalue weighted by molar-refractivity contribution is 5.30. The van der Waals surface area contributed by atoms with Gasteiger partial charge in [-0.15, -0.1) is 0 Å². The minimum Gasteiger partial charge on any atom is -0.328 e. The summed E-state index contributed by atoms with van der Waals surface area (Å²) >= 11 is 0. The van der Waals surface area contributed by atoms with Crippen LogP contribution in [0.1, 0.15) is 37.0 Å². The fourth-order valence-corrected chi connectivity index (χ4v) is 1.86. The Balaban J connectivity index is 2.53. The third kappa shape index (κ3) is 1.30. The standard InChI is InChI=1S/C10H14N4/c1-7(2)10-13-8(5-11)9-6-12-3-4-14(9)10/h7,12H,3-4,6H2,1-2H3. The van der Waals surface area contributed by atoms with Crippen LogP contribution in [0, 0.1) is 11.3 Å². The van der Waals surface area contributed by atoms with Crippen LogP contribution in [0.2, 0.25) is 0 Å². The van der Waals surface area contributed by atoms with E-state index >= 15 is 0 Å². The maximum atomic E-state index is 8.94. The third-order valence-corrected chi connectivity index (χ3v) is 2.53. The fourth-order valence-electron chi connectivity index (χ4n) is 1.86. The molecule has 0 atom stereocenters. The molecule has 0 unspecified atom stereocenters. The highest BCUT2D eigenvalue weighted by Crippen LogP contribution is 2.20. The maximum Gasteiger partial charge on any atom is 0.163 e. The van der Waals surface area contributed by atoms with Crippen LogP contribution >= 0.6 is 0 Å². The van der Waals surface area contributed by atoms with Gasteiger partial charge in [-0.1, -0.05) is 13.8 Å². The summed E-state index contributed by atoms with van der Waals surface area (Å²) in [5, 5.41) is 12.2. The molecular formula is C10H14N4. The van der Waals surface area contributed by atoms with Gasteiger partial charge in [-0.3, -0.25) is 0 Å². The lowest BCUT2D eigenvalue weighted by Gasteiger charge is -2.18. The van der Waals surface area contributed by atoms with Gasteiger partial charge in [-0.05, 0) is 0 Å². The van der Waals surface area contributed by atoms with Crippen molar-refractivity contribution in [3.63, 3.8) is 0 Å². The molecule has 0 bridgehead atoms. The molecule has 74 valence electrons. The van der Waals surface area contributed by atoms with Gasteiger partial charge in [0.25, 0.3) is 0 Å². The molecule has 1 aliphatic heterocycles. The molecule has 0 aromatic carbocycles. The van der Waals surface area contributed by atoms with Crippen molar-refractivity contribution in [2.75, 3.05) is 6.54 Å². The summed E-state index contributed by atoms with van der Waals surface area (Å²) in [4.78, 5) is 4.37. The first-order valence-electron chi connectivity index (χ1n) is 4.94. The molecule has 1 aliphatic rings. The Morgan fingerprint density at radius 3 is 3.00 bits per heavy atom. The molecule has 2 rings (SSSR count). The van der Waals surface area contributed by atoms with Crippen molar-refractivity contribution in [2.45, 2.75) is 32.9 Å². The Morgan fingerprint density at radius 2 is 2.36 bits per heavy atom. The lowest BCUT2D eigenvalue weighted by atomic mass is 10.2. The molecule has 1 aromatic rings. The van der Waals surface area contributed by atoms with E-state index in [1.807, 2.05) is 0 Å². The van der Waals surface area contributed by atoms with Crippen molar-refractivity contribution in [2.24, 2.45) is 0 Å². The van der Waals surface area contributed by atoms with E-state index in [1.54, 1.807) is 0 Å². The summed E-state index contributed by atoms with van der Waals surface area (Å²) in [6.45, 7) is 6.88. The first-order valence-corrected chi connectivity index (χ1v) is 4.94. The highest BCUT2D eigenvalue weighted by Gasteiger charge is 2.20. The monoisotopic (exact) mass is 190 g/mol. The van der Waals surface area contributed by atoms with Gasteiger partial charge in [0.1, 0.15) is 11.9 Å². The molecular weight excluding hydrogens is 176 g/mol. The maximum absolute atomic E-state index is 8.94. The summed E-state index contributed by atoms with van der Waals surface area (Å²) in [7, 11) is 0. The van der Waals surface area contributed by atoms with Crippen molar-refractivity contribution >= 4 is 0 Å². The summed E-state index contributed by atoms with van der Waals surface area (Å²) < 4.78 is 2.18. The molecule has 0 saturated carbocycles. The van der Waals surface area contributed by atoms with Gasteiger partial charge in [-0.2, -0.15) is 5.26 Å². The van der Waals surface area contributed by atoms with E-state index in [0.717, 1.165) is 31.2 Å². The van der Waals surface area contributed by atoms with Crippen LogP contribution in [-0.2, 0) is 13.1 Å². The Bertz CT molecular complexity index is 384. The second-order valence-electron chi connectivity index (χ2n) is 3.86. The minimum absolute atomic E-state index is 0.383. The highest BCUT2D eigenvalue weighted by atomic mass is 15.2. The number of hydrogen-bond donors (Lipinski definition) is 1. The number of hydrogen-bond acceptors (Lipinski definition) is 3. The Labute approximate surface area is 83.6 Å². The summed E-state index contributed by atoms with van der Waals surface area (Å²) in [5.41, 5.74) is 1.63. The van der Waals surface area contributed by atoms with Gasteiger partial charge in [0.05, 0.1) is 5.69 Å². The molecule has 14 heavy (non-hydrogen) atoms. The van der Waals surface area contributed by atoms with Crippen molar-refractivity contribution in [3.8, 4) is 6.07 Å². The fraction of sp³-hybridized carbons (Fsp3) is 0.600. The van der Waals surface area contributed by atoms with E-state index in [9.17, 15) is 0 Å². The number of aromatic nitrogens is 2. The van der Waals surface area contributed by atoms with Crippen molar-refractivity contribution < 1.29 is 0 Å². The van der Waals surface area contributed by atoms with Crippen LogP contribution in [0.3, 0.4) is 0 Å². The quantitative estimate of drug-likeness (QED) is 0.718. The van der Waals surface area contributed by atoms with Crippen LogP contribution in [0.4, 0.5) is 0 Å². The van der Waals surface area contributed by atoms with Crippen molar-refractivity contribution in [1.82, 2.24) is 14.9 Å². The molecule has 0 aliphatic carbocycles. The second kappa shape index (κ2) is 3.43. The second-order valence-corrected chi connectivity index (χ2v) is 3.86. The molecule has 0 amide bonds. The Morgan fingerprint density at radius 1 is 1.57 bits per heavy atom. The lowest BCUT2D eigenvalue weighted by molar-refractivity contribution is 0.492. The van der Waals surface area contributed by atoms with E-state index < -0.39 is 0 Å². The average Bonchev–Trinajstić information content (AvgIpc) is 2.56. The summed E-state index contributed by atoms with van der Waals surface area (Å²) in [5.74, 6) is 1.42. The number of nitrogens with one attached hydrogen (secondary N) is 1. The Kier molecular flexibility index (Phi) is 2.26. The van der Waals surface area contributed by atoms with Gasteiger partial charge in [0.2, 0.25) is 0 Å².